The van der Waals surface area contributed by atoms with E-state index in [0.29, 0.717) is 17.2 Å². The summed E-state index contributed by atoms with van der Waals surface area (Å²) in [6.45, 7) is 5.77. The summed E-state index contributed by atoms with van der Waals surface area (Å²) >= 11 is 0. The highest BCUT2D eigenvalue weighted by Gasteiger charge is 2.15. The Kier molecular flexibility index (Phi) is 5.89. The van der Waals surface area contributed by atoms with E-state index in [1.165, 1.54) is 0 Å². The van der Waals surface area contributed by atoms with Gasteiger partial charge in [0.2, 0.25) is 5.95 Å². The summed E-state index contributed by atoms with van der Waals surface area (Å²) in [7, 11) is 1.63. The quantitative estimate of drug-likeness (QED) is 0.669. The van der Waals surface area contributed by atoms with Gasteiger partial charge in [-0.2, -0.15) is 0 Å². The zero-order valence-electron chi connectivity index (χ0n) is 16.5. The molecule has 6 heteroatoms. The molecule has 28 heavy (non-hydrogen) atoms. The van der Waals surface area contributed by atoms with Crippen LogP contribution < -0.4 is 15.4 Å². The number of carbonyl (C=O) groups excluding carboxylic acids is 1. The number of methoxy groups -OCH3 is 1. The van der Waals surface area contributed by atoms with Crippen LogP contribution >= 0.6 is 0 Å². The van der Waals surface area contributed by atoms with Crippen molar-refractivity contribution in [2.45, 2.75) is 26.8 Å². The van der Waals surface area contributed by atoms with Crippen molar-refractivity contribution in [2.75, 3.05) is 12.4 Å². The predicted octanol–water partition coefficient (Wildman–Crippen LogP) is 4.34. The van der Waals surface area contributed by atoms with Crippen LogP contribution in [0.15, 0.2) is 54.6 Å². The van der Waals surface area contributed by atoms with Gasteiger partial charge in [0.25, 0.3) is 5.91 Å². The summed E-state index contributed by atoms with van der Waals surface area (Å²) in [6, 6.07) is 16.7. The number of amides is 1. The third-order valence-corrected chi connectivity index (χ3v) is 4.36. The molecule has 1 aromatic heterocycles. The van der Waals surface area contributed by atoms with E-state index in [9.17, 15) is 4.79 Å². The minimum Gasteiger partial charge on any atom is -0.497 e. The molecule has 0 bridgehead atoms. The summed E-state index contributed by atoms with van der Waals surface area (Å²) in [6.07, 6.45) is 0. The second-order valence-corrected chi connectivity index (χ2v) is 6.61. The van der Waals surface area contributed by atoms with E-state index in [1.807, 2.05) is 69.3 Å². The lowest BCUT2D eigenvalue weighted by Gasteiger charge is -2.17. The Labute approximate surface area is 165 Å². The van der Waals surface area contributed by atoms with Crippen molar-refractivity contribution in [1.82, 2.24) is 15.3 Å². The number of anilines is 2. The topological polar surface area (TPSA) is 76.1 Å². The molecule has 0 fully saturated rings. The highest BCUT2D eigenvalue weighted by molar-refractivity contribution is 6.00. The first-order chi connectivity index (χ1) is 13.5. The van der Waals surface area contributed by atoms with Gasteiger partial charge in [0, 0.05) is 11.4 Å². The molecule has 2 aromatic carbocycles. The number of nitrogens with zero attached hydrogens (tertiary/aromatic N) is 2. The lowest BCUT2D eigenvalue weighted by Crippen LogP contribution is -2.27. The molecule has 1 amide bonds. The van der Waals surface area contributed by atoms with Crippen LogP contribution in [0.25, 0.3) is 0 Å². The van der Waals surface area contributed by atoms with Crippen LogP contribution in [-0.4, -0.2) is 23.0 Å². The van der Waals surface area contributed by atoms with E-state index in [0.717, 1.165) is 22.7 Å². The zero-order chi connectivity index (χ0) is 20.1. The van der Waals surface area contributed by atoms with Crippen molar-refractivity contribution in [3.05, 3.63) is 77.1 Å². The highest BCUT2D eigenvalue weighted by atomic mass is 16.5. The van der Waals surface area contributed by atoms with Crippen LogP contribution in [0.5, 0.6) is 5.75 Å². The molecule has 1 atom stereocenters. The van der Waals surface area contributed by atoms with Gasteiger partial charge in [0.05, 0.1) is 24.4 Å². The molecule has 2 N–H and O–H groups in total. The number of nitrogens with one attached hydrogen (secondary N) is 2. The predicted molar refractivity (Wildman–Crippen MR) is 110 cm³/mol. The van der Waals surface area contributed by atoms with Gasteiger partial charge in [-0.25, -0.2) is 9.97 Å². The van der Waals surface area contributed by atoms with E-state index in [1.54, 1.807) is 13.2 Å². The Balaban J connectivity index is 1.78. The van der Waals surface area contributed by atoms with E-state index in [4.69, 9.17) is 4.74 Å². The number of para-hydroxylation sites is 1. The molecule has 0 aliphatic heterocycles. The molecule has 0 saturated heterocycles. The van der Waals surface area contributed by atoms with Crippen LogP contribution in [-0.2, 0) is 0 Å². The normalized spacial score (nSPS) is 11.6. The monoisotopic (exact) mass is 376 g/mol. The molecule has 1 heterocycles. The number of rotatable bonds is 6. The number of aromatic nitrogens is 2. The van der Waals surface area contributed by atoms with Gasteiger partial charge < -0.3 is 15.4 Å². The fraction of sp³-hybridized carbons (Fsp3) is 0.227. The summed E-state index contributed by atoms with van der Waals surface area (Å²) in [4.78, 5) is 21.7. The van der Waals surface area contributed by atoms with Crippen molar-refractivity contribution in [1.29, 1.82) is 0 Å². The number of hydrogen-bond donors (Lipinski definition) is 2. The zero-order valence-corrected chi connectivity index (χ0v) is 16.5. The van der Waals surface area contributed by atoms with Gasteiger partial charge in [0.1, 0.15) is 5.75 Å². The first kappa shape index (κ1) is 19.4. The van der Waals surface area contributed by atoms with Gasteiger partial charge in [-0.1, -0.05) is 24.3 Å². The molecule has 0 spiro atoms. The number of carbonyl (C=O) groups is 1. The number of aryl methyl sites for hydroxylation is 2. The second-order valence-electron chi connectivity index (χ2n) is 6.61. The highest BCUT2D eigenvalue weighted by Crippen LogP contribution is 2.22. The van der Waals surface area contributed by atoms with Gasteiger partial charge in [-0.15, -0.1) is 0 Å². The molecule has 1 unspecified atom stereocenters. The van der Waals surface area contributed by atoms with Crippen molar-refractivity contribution in [3.63, 3.8) is 0 Å². The number of benzene rings is 2. The molecule has 0 aliphatic rings. The molecule has 6 nitrogen and oxygen atoms in total. The lowest BCUT2D eigenvalue weighted by molar-refractivity contribution is 0.0940. The fourth-order valence-corrected chi connectivity index (χ4v) is 2.94. The minimum absolute atomic E-state index is 0.149. The Bertz CT molecular complexity index is 950. The number of hydrogen-bond acceptors (Lipinski definition) is 5. The molecular formula is C22H24N4O2. The maximum absolute atomic E-state index is 12.9. The van der Waals surface area contributed by atoms with E-state index >= 15 is 0 Å². The second kappa shape index (κ2) is 8.52. The molecule has 0 saturated carbocycles. The Morgan fingerprint density at radius 1 is 1.00 bits per heavy atom. The average molecular weight is 376 g/mol. The molecular weight excluding hydrogens is 352 g/mol. The molecule has 3 aromatic rings. The first-order valence-corrected chi connectivity index (χ1v) is 9.09. The summed E-state index contributed by atoms with van der Waals surface area (Å²) in [5.41, 5.74) is 3.92. The minimum atomic E-state index is -0.171. The van der Waals surface area contributed by atoms with Gasteiger partial charge in [-0.05, 0) is 56.7 Å². The standard InChI is InChI=1S/C22H24N4O2/c1-14-13-15(2)24-22(23-14)26-20-8-6-5-7-19(20)21(27)25-16(3)17-9-11-18(28-4)12-10-17/h5-13,16H,1-4H3,(H,25,27)(H,23,24,26). The SMILES string of the molecule is COc1ccc(C(C)NC(=O)c2ccccc2Nc2nc(C)cc(C)n2)cc1. The molecule has 144 valence electrons. The van der Waals surface area contributed by atoms with Crippen LogP contribution in [0, 0.1) is 13.8 Å². The third kappa shape index (κ3) is 4.65. The summed E-state index contributed by atoms with van der Waals surface area (Å²) in [5.74, 6) is 1.09. The molecule has 0 radical (unpaired) electrons. The third-order valence-electron chi connectivity index (χ3n) is 4.36. The van der Waals surface area contributed by atoms with E-state index in [2.05, 4.69) is 20.6 Å². The maximum atomic E-state index is 12.9. The van der Waals surface area contributed by atoms with Crippen molar-refractivity contribution in [2.24, 2.45) is 0 Å². The molecule has 0 aliphatic carbocycles. The van der Waals surface area contributed by atoms with Crippen molar-refractivity contribution >= 4 is 17.5 Å². The smallest absolute Gasteiger partial charge is 0.253 e. The number of ether oxygens (including phenoxy) is 1. The van der Waals surface area contributed by atoms with Crippen LogP contribution in [0.1, 0.15) is 40.3 Å². The molecule has 3 rings (SSSR count). The van der Waals surface area contributed by atoms with Crippen LogP contribution in [0.4, 0.5) is 11.6 Å². The van der Waals surface area contributed by atoms with E-state index in [-0.39, 0.29) is 11.9 Å². The van der Waals surface area contributed by atoms with E-state index < -0.39 is 0 Å². The Hall–Kier alpha value is -3.41. The van der Waals surface area contributed by atoms with Gasteiger partial charge >= 0.3 is 0 Å². The van der Waals surface area contributed by atoms with Crippen molar-refractivity contribution in [3.8, 4) is 5.75 Å². The largest absolute Gasteiger partial charge is 0.497 e. The van der Waals surface area contributed by atoms with Crippen molar-refractivity contribution < 1.29 is 9.53 Å². The lowest BCUT2D eigenvalue weighted by atomic mass is 10.1. The average Bonchev–Trinajstić information content (AvgIpc) is 2.67. The maximum Gasteiger partial charge on any atom is 0.253 e. The Morgan fingerprint density at radius 3 is 2.29 bits per heavy atom. The van der Waals surface area contributed by atoms with Crippen LogP contribution in [0.3, 0.4) is 0 Å². The fourth-order valence-electron chi connectivity index (χ4n) is 2.94. The Morgan fingerprint density at radius 2 is 1.64 bits per heavy atom. The van der Waals surface area contributed by atoms with Crippen LogP contribution in [0.2, 0.25) is 0 Å². The van der Waals surface area contributed by atoms with Gasteiger partial charge in [0.15, 0.2) is 0 Å². The van der Waals surface area contributed by atoms with Gasteiger partial charge in [-0.3, -0.25) is 4.79 Å². The summed E-state index contributed by atoms with van der Waals surface area (Å²) in [5, 5.41) is 6.20. The summed E-state index contributed by atoms with van der Waals surface area (Å²) < 4.78 is 5.18. The first-order valence-electron chi connectivity index (χ1n) is 9.09.